The van der Waals surface area contributed by atoms with Crippen LogP contribution in [-0.4, -0.2) is 31.3 Å². The Bertz CT molecular complexity index is 1170. The fourth-order valence-electron chi connectivity index (χ4n) is 2.70. The van der Waals surface area contributed by atoms with Gasteiger partial charge >= 0.3 is 0 Å². The summed E-state index contributed by atoms with van der Waals surface area (Å²) < 4.78 is 15.5. The number of hydrogen-bond donors (Lipinski definition) is 0. The van der Waals surface area contributed by atoms with Crippen LogP contribution in [0.1, 0.15) is 0 Å². The normalized spacial score (nSPS) is 10.4. The zero-order chi connectivity index (χ0) is 21.0. The van der Waals surface area contributed by atoms with Crippen molar-refractivity contribution in [3.8, 4) is 17.2 Å². The second-order valence-electron chi connectivity index (χ2n) is 5.84. The van der Waals surface area contributed by atoms with Gasteiger partial charge in [0.05, 0.1) is 37.4 Å². The predicted molar refractivity (Wildman–Crippen MR) is 118 cm³/mol. The molecule has 0 radical (unpaired) electrons. The first kappa shape index (κ1) is 21.2. The van der Waals surface area contributed by atoms with Crippen molar-refractivity contribution in [1.82, 2.24) is 9.97 Å². The summed E-state index contributed by atoms with van der Waals surface area (Å²) in [6, 6.07) is 14.3. The molecular weight excluding hydrogens is 435 g/mol. The topological polar surface area (TPSA) is 53.5 Å². The highest BCUT2D eigenvalue weighted by Crippen LogP contribution is 2.30. The maximum atomic E-state index is 6.01. The molecule has 4 rings (SSSR count). The van der Waals surface area contributed by atoms with Crippen LogP contribution in [0.5, 0.6) is 17.2 Å². The number of aromatic nitrogens is 2. The molecule has 29 heavy (non-hydrogen) atoms. The lowest BCUT2D eigenvalue weighted by atomic mass is 10.2. The lowest BCUT2D eigenvalue weighted by Crippen LogP contribution is -1.89. The highest BCUT2D eigenvalue weighted by Gasteiger charge is 2.06. The number of fused-ring (bicyclic) bond motifs is 2. The number of hydrogen-bond acceptors (Lipinski definition) is 5. The van der Waals surface area contributed by atoms with Crippen molar-refractivity contribution >= 4 is 56.6 Å². The van der Waals surface area contributed by atoms with Crippen molar-refractivity contribution in [1.29, 1.82) is 0 Å². The Morgan fingerprint density at radius 2 is 1.14 bits per heavy atom. The van der Waals surface area contributed by atoms with E-state index in [0.29, 0.717) is 21.1 Å². The summed E-state index contributed by atoms with van der Waals surface area (Å²) in [7, 11) is 4.83. The van der Waals surface area contributed by atoms with Gasteiger partial charge in [0.1, 0.15) is 27.6 Å². The molecule has 0 saturated carbocycles. The highest BCUT2D eigenvalue weighted by atomic mass is 35.5. The Hall–Kier alpha value is -2.47. The predicted octanol–water partition coefficient (Wildman–Crippen LogP) is 6.46. The fourth-order valence-corrected chi connectivity index (χ4v) is 3.40. The minimum Gasteiger partial charge on any atom is -0.497 e. The smallest absolute Gasteiger partial charge is 0.133 e. The maximum Gasteiger partial charge on any atom is 0.133 e. The first-order valence-electron chi connectivity index (χ1n) is 8.43. The molecule has 0 saturated heterocycles. The molecule has 0 unspecified atom stereocenters. The van der Waals surface area contributed by atoms with E-state index in [4.69, 9.17) is 49.0 Å². The summed E-state index contributed by atoms with van der Waals surface area (Å²) in [5, 5.41) is 3.13. The van der Waals surface area contributed by atoms with Crippen LogP contribution in [0.4, 0.5) is 0 Å². The van der Waals surface area contributed by atoms with E-state index in [0.717, 1.165) is 33.3 Å². The van der Waals surface area contributed by atoms with E-state index >= 15 is 0 Å². The third-order valence-corrected chi connectivity index (χ3v) is 4.80. The molecule has 2 heterocycles. The Morgan fingerprint density at radius 3 is 1.69 bits per heavy atom. The molecule has 0 aliphatic rings. The van der Waals surface area contributed by atoms with E-state index in [1.807, 2.05) is 36.4 Å². The molecule has 8 heteroatoms. The van der Waals surface area contributed by atoms with Gasteiger partial charge in [0.25, 0.3) is 0 Å². The minimum atomic E-state index is 0.396. The average molecular weight is 452 g/mol. The third kappa shape index (κ3) is 4.93. The van der Waals surface area contributed by atoms with Crippen LogP contribution in [0.25, 0.3) is 21.8 Å². The minimum absolute atomic E-state index is 0.396. The van der Waals surface area contributed by atoms with Gasteiger partial charge in [-0.2, -0.15) is 0 Å². The number of rotatable bonds is 3. The summed E-state index contributed by atoms with van der Waals surface area (Å²) in [6.07, 6.45) is 0. The molecule has 0 bridgehead atoms. The SMILES string of the molecule is COc1ccc2nc(Cl)cc(Cl)c2c1.COc1ccc2nc(Cl)cc(OC)c2c1. The van der Waals surface area contributed by atoms with E-state index in [9.17, 15) is 0 Å². The lowest BCUT2D eigenvalue weighted by Gasteiger charge is -2.07. The Morgan fingerprint density at radius 1 is 0.621 bits per heavy atom. The van der Waals surface area contributed by atoms with E-state index in [1.165, 1.54) is 0 Å². The van der Waals surface area contributed by atoms with Gasteiger partial charge in [-0.25, -0.2) is 9.97 Å². The van der Waals surface area contributed by atoms with Gasteiger partial charge < -0.3 is 14.2 Å². The zero-order valence-electron chi connectivity index (χ0n) is 15.9. The molecule has 2 aromatic heterocycles. The van der Waals surface area contributed by atoms with Crippen molar-refractivity contribution in [3.63, 3.8) is 0 Å². The number of ether oxygens (including phenoxy) is 3. The van der Waals surface area contributed by atoms with E-state index in [-0.39, 0.29) is 0 Å². The van der Waals surface area contributed by atoms with Crippen LogP contribution < -0.4 is 14.2 Å². The molecule has 0 aliphatic carbocycles. The first-order chi connectivity index (χ1) is 13.9. The molecule has 4 aromatic rings. The maximum absolute atomic E-state index is 6.01. The second kappa shape index (κ2) is 9.35. The Balaban J connectivity index is 0.000000166. The van der Waals surface area contributed by atoms with Crippen LogP contribution in [0, 0.1) is 0 Å². The van der Waals surface area contributed by atoms with Crippen molar-refractivity contribution in [2.75, 3.05) is 21.3 Å². The standard InChI is InChI=1S/C11H10ClNO2.C10H7Cl2NO/c1-14-7-3-4-9-8(5-7)10(15-2)6-11(12)13-9;1-14-6-2-3-9-7(4-6)8(11)5-10(12)13-9/h3-6H,1-2H3;2-5H,1H3. The van der Waals surface area contributed by atoms with E-state index in [2.05, 4.69) is 9.97 Å². The molecule has 2 aromatic carbocycles. The van der Waals surface area contributed by atoms with Gasteiger partial charge in [-0.15, -0.1) is 0 Å². The number of pyridine rings is 2. The molecule has 0 fully saturated rings. The van der Waals surface area contributed by atoms with Crippen LogP contribution in [0.15, 0.2) is 48.5 Å². The van der Waals surface area contributed by atoms with Crippen LogP contribution in [-0.2, 0) is 0 Å². The summed E-state index contributed by atoms with van der Waals surface area (Å²) in [6.45, 7) is 0. The Labute approximate surface area is 183 Å². The molecule has 0 spiro atoms. The molecule has 5 nitrogen and oxygen atoms in total. The van der Waals surface area contributed by atoms with Crippen LogP contribution in [0.3, 0.4) is 0 Å². The molecule has 0 amide bonds. The molecular formula is C21H17Cl3N2O3. The summed E-state index contributed by atoms with van der Waals surface area (Å²) in [5.41, 5.74) is 1.56. The highest BCUT2D eigenvalue weighted by molar-refractivity contribution is 6.37. The summed E-state index contributed by atoms with van der Waals surface area (Å²) >= 11 is 17.6. The number of benzene rings is 2. The van der Waals surface area contributed by atoms with Gasteiger partial charge in [-0.3, -0.25) is 0 Å². The number of nitrogens with zero attached hydrogens (tertiary/aromatic N) is 2. The molecule has 0 aliphatic heterocycles. The van der Waals surface area contributed by atoms with Gasteiger partial charge in [-0.05, 0) is 42.5 Å². The van der Waals surface area contributed by atoms with Crippen molar-refractivity contribution in [2.24, 2.45) is 0 Å². The van der Waals surface area contributed by atoms with E-state index in [1.54, 1.807) is 33.5 Å². The summed E-state index contributed by atoms with van der Waals surface area (Å²) in [4.78, 5) is 8.33. The first-order valence-corrected chi connectivity index (χ1v) is 9.56. The van der Waals surface area contributed by atoms with Crippen LogP contribution in [0.2, 0.25) is 15.3 Å². The number of methoxy groups -OCH3 is 3. The monoisotopic (exact) mass is 450 g/mol. The molecule has 150 valence electrons. The second-order valence-corrected chi connectivity index (χ2v) is 7.02. The fraction of sp³-hybridized carbons (Fsp3) is 0.143. The third-order valence-electron chi connectivity index (χ3n) is 4.10. The Kier molecular flexibility index (Phi) is 6.85. The van der Waals surface area contributed by atoms with Gasteiger partial charge in [0.2, 0.25) is 0 Å². The zero-order valence-corrected chi connectivity index (χ0v) is 18.1. The average Bonchev–Trinajstić information content (AvgIpc) is 2.73. The molecule has 0 N–H and O–H groups in total. The summed E-state index contributed by atoms with van der Waals surface area (Å²) in [5.74, 6) is 2.22. The van der Waals surface area contributed by atoms with E-state index < -0.39 is 0 Å². The van der Waals surface area contributed by atoms with Crippen LogP contribution >= 0.6 is 34.8 Å². The van der Waals surface area contributed by atoms with Gasteiger partial charge in [0, 0.05) is 16.8 Å². The lowest BCUT2D eigenvalue weighted by molar-refractivity contribution is 0.412. The van der Waals surface area contributed by atoms with Gasteiger partial charge in [0.15, 0.2) is 0 Å². The van der Waals surface area contributed by atoms with Crippen molar-refractivity contribution in [3.05, 3.63) is 63.9 Å². The quantitative estimate of drug-likeness (QED) is 0.335. The van der Waals surface area contributed by atoms with Crippen molar-refractivity contribution < 1.29 is 14.2 Å². The van der Waals surface area contributed by atoms with Crippen molar-refractivity contribution in [2.45, 2.75) is 0 Å². The number of halogens is 3. The van der Waals surface area contributed by atoms with Gasteiger partial charge in [-0.1, -0.05) is 34.8 Å². The largest absolute Gasteiger partial charge is 0.497 e. The molecule has 0 atom stereocenters.